The van der Waals surface area contributed by atoms with Crippen molar-refractivity contribution >= 4 is 17.5 Å². The van der Waals surface area contributed by atoms with Crippen LogP contribution in [0.1, 0.15) is 54.2 Å². The first kappa shape index (κ1) is 30.5. The monoisotopic (exact) mass is 581 g/mol. The van der Waals surface area contributed by atoms with Crippen LogP contribution >= 0.6 is 0 Å². The molecule has 0 bridgehead atoms. The number of nitrogens with one attached hydrogen (secondary N) is 1. The van der Waals surface area contributed by atoms with Crippen molar-refractivity contribution in [2.75, 3.05) is 14.1 Å². The first-order chi connectivity index (χ1) is 18.8. The van der Waals surface area contributed by atoms with Crippen LogP contribution < -0.4 is 11.1 Å². The number of aliphatic hydroxyl groups is 3. The van der Waals surface area contributed by atoms with Crippen LogP contribution in [0.2, 0.25) is 0 Å². The molecule has 0 saturated carbocycles. The number of rotatable bonds is 6. The van der Waals surface area contributed by atoms with E-state index < -0.39 is 98.7 Å². The molecule has 7 N–H and O–H groups in total. The van der Waals surface area contributed by atoms with Gasteiger partial charge in [0.25, 0.3) is 5.91 Å². The first-order valence-corrected chi connectivity index (χ1v) is 13.2. The highest BCUT2D eigenvalue weighted by Gasteiger charge is 2.63. The van der Waals surface area contributed by atoms with Gasteiger partial charge in [-0.05, 0) is 62.9 Å². The second-order valence-electron chi connectivity index (χ2n) is 11.7. The van der Waals surface area contributed by atoms with E-state index in [1.807, 2.05) is 20.8 Å². The minimum absolute atomic E-state index is 0.109. The second-order valence-corrected chi connectivity index (χ2v) is 11.7. The van der Waals surface area contributed by atoms with Gasteiger partial charge in [-0.3, -0.25) is 19.3 Å². The van der Waals surface area contributed by atoms with Crippen molar-refractivity contribution < 1.29 is 48.0 Å². The Balaban J connectivity index is 1.93. The van der Waals surface area contributed by atoms with Gasteiger partial charge in [-0.15, -0.1) is 0 Å². The van der Waals surface area contributed by atoms with Gasteiger partial charge < -0.3 is 31.5 Å². The van der Waals surface area contributed by atoms with Gasteiger partial charge in [0, 0.05) is 24.1 Å². The number of halogens is 3. The molecule has 0 aliphatic heterocycles. The highest BCUT2D eigenvalue weighted by atomic mass is 19.4. The smallest absolute Gasteiger partial charge is 0.417 e. The number of phenolic OH excluding ortho intramolecular Hbond substituents is 1. The standard InChI is InChI=1S/C28H34F3N3O7/c1-10(2)11(3)33-9-13-8-16(35)18-14(20(13)28(29,30)31)6-12-7-15-21(34(4)5)23(37)19(26(32)40)25(39)27(15,41)24(38)17(12)22(18)36/h8,10-12,15,21,33,35,37-38,41H,6-7,9H2,1-5H3,(H2,32,40)/t11-,12+,15+,21+,27+/m1/s1. The van der Waals surface area contributed by atoms with Crippen molar-refractivity contribution in [3.63, 3.8) is 0 Å². The summed E-state index contributed by atoms with van der Waals surface area (Å²) in [6.45, 7) is 5.36. The lowest BCUT2D eigenvalue weighted by Crippen LogP contribution is -2.63. The van der Waals surface area contributed by atoms with Gasteiger partial charge in [0.1, 0.15) is 22.8 Å². The Bertz CT molecular complexity index is 1400. The van der Waals surface area contributed by atoms with E-state index in [9.17, 15) is 48.0 Å². The summed E-state index contributed by atoms with van der Waals surface area (Å²) in [5.74, 6) is -8.95. The summed E-state index contributed by atoms with van der Waals surface area (Å²) < 4.78 is 43.6. The van der Waals surface area contributed by atoms with Crippen molar-refractivity contribution in [1.82, 2.24) is 10.2 Å². The quantitative estimate of drug-likeness (QED) is 0.276. The summed E-state index contributed by atoms with van der Waals surface area (Å²) in [6, 6.07) is -0.544. The summed E-state index contributed by atoms with van der Waals surface area (Å²) in [7, 11) is 2.93. The fourth-order valence-corrected chi connectivity index (χ4v) is 6.39. The van der Waals surface area contributed by atoms with Crippen molar-refractivity contribution in [2.24, 2.45) is 23.5 Å². The number of nitrogens with zero attached hydrogens (tertiary/aromatic N) is 1. The number of likely N-dealkylation sites (N-methyl/N-ethyl adjacent to an activating group) is 1. The number of aliphatic hydroxyl groups excluding tert-OH is 2. The maximum Gasteiger partial charge on any atom is 0.417 e. The topological polar surface area (TPSA) is 173 Å². The minimum atomic E-state index is -4.90. The van der Waals surface area contributed by atoms with Crippen molar-refractivity contribution in [1.29, 1.82) is 0 Å². The zero-order chi connectivity index (χ0) is 30.9. The number of fused-ring (bicyclic) bond motifs is 3. The lowest BCUT2D eigenvalue weighted by Gasteiger charge is -2.50. The van der Waals surface area contributed by atoms with Gasteiger partial charge in [0.15, 0.2) is 11.4 Å². The molecule has 13 heteroatoms. The molecule has 3 aliphatic carbocycles. The molecule has 0 spiro atoms. The molecule has 10 nitrogen and oxygen atoms in total. The highest BCUT2D eigenvalue weighted by molar-refractivity contribution is 6.24. The van der Waals surface area contributed by atoms with Crippen LogP contribution in [-0.2, 0) is 28.7 Å². The number of allylic oxidation sites excluding steroid dienone is 1. The van der Waals surface area contributed by atoms with Crippen molar-refractivity contribution in [2.45, 2.75) is 64.0 Å². The molecule has 0 fully saturated rings. The van der Waals surface area contributed by atoms with Crippen molar-refractivity contribution in [3.8, 4) is 5.75 Å². The molecule has 0 unspecified atom stereocenters. The van der Waals surface area contributed by atoms with Crippen LogP contribution in [0.25, 0.3) is 0 Å². The molecule has 5 atom stereocenters. The predicted octanol–water partition coefficient (Wildman–Crippen LogP) is 2.27. The number of hydrogen-bond donors (Lipinski definition) is 6. The number of phenols is 1. The molecule has 0 saturated heterocycles. The molecule has 0 radical (unpaired) electrons. The Kier molecular flexibility index (Phi) is 7.55. The highest BCUT2D eigenvalue weighted by Crippen LogP contribution is 2.53. The van der Waals surface area contributed by atoms with Crippen LogP contribution in [0.3, 0.4) is 0 Å². The third-order valence-corrected chi connectivity index (χ3v) is 8.70. The maximum absolute atomic E-state index is 14.5. The molecule has 4 rings (SSSR count). The SMILES string of the molecule is CC(C)[C@@H](C)NCc1cc(O)c2c(c1C(F)(F)F)C[C@H]1C[C@H]3[C@H](N(C)C)C(O)=C(C(N)=O)C(=O)[C@@]3(O)C(O)=C1C2=O. The molecule has 41 heavy (non-hydrogen) atoms. The van der Waals surface area contributed by atoms with E-state index in [0.717, 1.165) is 6.07 Å². The van der Waals surface area contributed by atoms with Gasteiger partial charge in [-0.2, -0.15) is 13.2 Å². The molecule has 1 aromatic carbocycles. The normalized spacial score (nSPS) is 27.2. The van der Waals surface area contributed by atoms with Crippen LogP contribution in [0.15, 0.2) is 28.7 Å². The Morgan fingerprint density at radius 1 is 1.20 bits per heavy atom. The summed E-state index contributed by atoms with van der Waals surface area (Å²) in [5.41, 5.74) is -1.54. The fraction of sp³-hybridized carbons (Fsp3) is 0.536. The molecule has 1 amide bonds. The molecule has 224 valence electrons. The molecule has 3 aliphatic rings. The second kappa shape index (κ2) is 10.1. The lowest BCUT2D eigenvalue weighted by molar-refractivity contribution is -0.148. The molecule has 0 aromatic heterocycles. The third-order valence-electron chi connectivity index (χ3n) is 8.70. The van der Waals surface area contributed by atoms with Crippen LogP contribution in [0.5, 0.6) is 5.75 Å². The van der Waals surface area contributed by atoms with E-state index in [0.29, 0.717) is 0 Å². The Labute approximate surface area is 234 Å². The Morgan fingerprint density at radius 2 is 1.80 bits per heavy atom. The Hall–Kier alpha value is -3.42. The van der Waals surface area contributed by atoms with Crippen LogP contribution in [0.4, 0.5) is 13.2 Å². The van der Waals surface area contributed by atoms with E-state index in [1.165, 1.54) is 19.0 Å². The molecule has 1 aromatic rings. The number of hydrogen-bond acceptors (Lipinski definition) is 9. The van der Waals surface area contributed by atoms with Gasteiger partial charge in [-0.25, -0.2) is 0 Å². The summed E-state index contributed by atoms with van der Waals surface area (Å²) >= 11 is 0. The molecular formula is C28H34F3N3O7. The average Bonchev–Trinajstić information content (AvgIpc) is 2.83. The van der Waals surface area contributed by atoms with Crippen molar-refractivity contribution in [3.05, 3.63) is 51.0 Å². The van der Waals surface area contributed by atoms with Gasteiger partial charge in [0.05, 0.1) is 17.2 Å². The number of carbonyl (C=O) groups excluding carboxylic acids is 3. The average molecular weight is 582 g/mol. The minimum Gasteiger partial charge on any atom is -0.510 e. The van der Waals surface area contributed by atoms with E-state index in [1.54, 1.807) is 0 Å². The number of carbonyl (C=O) groups is 3. The number of amides is 1. The maximum atomic E-state index is 14.5. The number of ketones is 2. The third kappa shape index (κ3) is 4.59. The first-order valence-electron chi connectivity index (χ1n) is 13.2. The number of aromatic hydroxyl groups is 1. The van der Waals surface area contributed by atoms with E-state index in [-0.39, 0.29) is 30.5 Å². The lowest BCUT2D eigenvalue weighted by atomic mass is 9.58. The number of benzene rings is 1. The summed E-state index contributed by atoms with van der Waals surface area (Å²) in [6.07, 6.45) is -5.67. The van der Waals surface area contributed by atoms with Crippen LogP contribution in [0, 0.1) is 17.8 Å². The number of primary amides is 1. The number of Topliss-reactive ketones (excluding diaryl/α,β-unsaturated/α-hetero) is 2. The van der Waals surface area contributed by atoms with Gasteiger partial charge >= 0.3 is 6.18 Å². The summed E-state index contributed by atoms with van der Waals surface area (Å²) in [5, 5.41) is 47.5. The number of nitrogens with two attached hydrogens (primary N) is 1. The van der Waals surface area contributed by atoms with Crippen LogP contribution in [-0.4, -0.2) is 74.6 Å². The van der Waals surface area contributed by atoms with Gasteiger partial charge in [-0.1, -0.05) is 13.8 Å². The molecule has 0 heterocycles. The largest absolute Gasteiger partial charge is 0.510 e. The Morgan fingerprint density at radius 3 is 2.32 bits per heavy atom. The van der Waals surface area contributed by atoms with E-state index in [4.69, 9.17) is 5.73 Å². The zero-order valence-corrected chi connectivity index (χ0v) is 23.3. The fourth-order valence-electron chi connectivity index (χ4n) is 6.39. The molecular weight excluding hydrogens is 547 g/mol. The van der Waals surface area contributed by atoms with E-state index >= 15 is 0 Å². The summed E-state index contributed by atoms with van der Waals surface area (Å²) in [4.78, 5) is 40.4. The van der Waals surface area contributed by atoms with Gasteiger partial charge in [0.2, 0.25) is 5.78 Å². The van der Waals surface area contributed by atoms with E-state index in [2.05, 4.69) is 5.32 Å². The predicted molar refractivity (Wildman–Crippen MR) is 140 cm³/mol. The number of alkyl halides is 3. The zero-order valence-electron chi connectivity index (χ0n) is 23.3.